The Hall–Kier alpha value is -0.820. The van der Waals surface area contributed by atoms with Gasteiger partial charge in [0.2, 0.25) is 0 Å². The van der Waals surface area contributed by atoms with E-state index in [9.17, 15) is 0 Å². The molecule has 1 nitrogen and oxygen atoms in total. The molecular weight excluding hydrogens is 326 g/mol. The minimum atomic E-state index is -0.00563. The van der Waals surface area contributed by atoms with Gasteiger partial charge < -0.3 is 5.73 Å². The van der Waals surface area contributed by atoms with Gasteiger partial charge in [0.25, 0.3) is 0 Å². The van der Waals surface area contributed by atoms with Gasteiger partial charge in [-0.15, -0.1) is 0 Å². The van der Waals surface area contributed by atoms with Crippen LogP contribution in [0.2, 0.25) is 0 Å². The first-order valence-corrected chi connectivity index (χ1v) is 12.0. The van der Waals surface area contributed by atoms with Crippen molar-refractivity contribution in [2.45, 2.75) is 129 Å². The summed E-state index contributed by atoms with van der Waals surface area (Å²) in [6.45, 7) is 4.58. The van der Waals surface area contributed by atoms with Gasteiger partial charge in [-0.25, -0.2) is 0 Å². The Bertz CT molecular complexity index is 427. The van der Waals surface area contributed by atoms with Crippen molar-refractivity contribution in [3.05, 3.63) is 35.9 Å². The second-order valence-corrected chi connectivity index (χ2v) is 8.77. The van der Waals surface area contributed by atoms with E-state index in [1.54, 1.807) is 0 Å². The molecule has 156 valence electrons. The molecule has 2 N–H and O–H groups in total. The van der Waals surface area contributed by atoms with E-state index < -0.39 is 0 Å². The molecule has 0 amide bonds. The van der Waals surface area contributed by atoms with Crippen LogP contribution in [0.25, 0.3) is 0 Å². The predicted molar refractivity (Wildman–Crippen MR) is 122 cm³/mol. The van der Waals surface area contributed by atoms with E-state index >= 15 is 0 Å². The maximum atomic E-state index is 6.95. The number of nitrogens with two attached hydrogens (primary N) is 1. The highest BCUT2D eigenvalue weighted by Crippen LogP contribution is 2.25. The summed E-state index contributed by atoms with van der Waals surface area (Å²) >= 11 is 0. The summed E-state index contributed by atoms with van der Waals surface area (Å²) in [6.07, 6.45) is 22.6. The van der Waals surface area contributed by atoms with Gasteiger partial charge in [0.05, 0.1) is 0 Å². The molecule has 1 atom stereocenters. The molecule has 1 rings (SSSR count). The lowest BCUT2D eigenvalue weighted by Crippen LogP contribution is -2.42. The number of hydrogen-bond donors (Lipinski definition) is 1. The van der Waals surface area contributed by atoms with Crippen LogP contribution in [-0.4, -0.2) is 5.54 Å². The largest absolute Gasteiger partial charge is 0.325 e. The minimum Gasteiger partial charge on any atom is -0.325 e. The Labute approximate surface area is 170 Å². The molecule has 0 saturated heterocycles. The van der Waals surface area contributed by atoms with Crippen molar-refractivity contribution in [2.75, 3.05) is 0 Å². The summed E-state index contributed by atoms with van der Waals surface area (Å²) in [6, 6.07) is 10.9. The van der Waals surface area contributed by atoms with Gasteiger partial charge in [-0.05, 0) is 24.8 Å². The van der Waals surface area contributed by atoms with Gasteiger partial charge in [0.15, 0.2) is 0 Å². The third-order valence-electron chi connectivity index (χ3n) is 5.96. The summed E-state index contributed by atoms with van der Waals surface area (Å²) < 4.78 is 0. The number of hydrogen-bond acceptors (Lipinski definition) is 1. The molecule has 0 aliphatic carbocycles. The fourth-order valence-corrected chi connectivity index (χ4v) is 4.17. The molecular formula is C26H47N. The van der Waals surface area contributed by atoms with Crippen LogP contribution in [0.5, 0.6) is 0 Å². The molecule has 1 aromatic rings. The highest BCUT2D eigenvalue weighted by molar-refractivity contribution is 5.17. The number of rotatable bonds is 18. The summed E-state index contributed by atoms with van der Waals surface area (Å²) in [5.41, 5.74) is 8.35. The van der Waals surface area contributed by atoms with E-state index in [1.807, 2.05) is 0 Å². The van der Waals surface area contributed by atoms with Crippen LogP contribution < -0.4 is 5.73 Å². The Kier molecular flexibility index (Phi) is 14.5. The molecule has 0 heterocycles. The molecule has 0 bridgehead atoms. The van der Waals surface area contributed by atoms with E-state index in [1.165, 1.54) is 108 Å². The molecule has 0 aliphatic heterocycles. The van der Waals surface area contributed by atoms with Crippen LogP contribution in [0.1, 0.15) is 122 Å². The number of benzene rings is 1. The minimum absolute atomic E-state index is 0.00563. The molecule has 0 saturated carbocycles. The molecule has 0 radical (unpaired) electrons. The Balaban J connectivity index is 2.33. The van der Waals surface area contributed by atoms with Gasteiger partial charge in [-0.2, -0.15) is 0 Å². The maximum absolute atomic E-state index is 6.95. The SMILES string of the molecule is CCCCCCCCCCC(N)(CCCCCCCC)Cc1ccccc1. The Morgan fingerprint density at radius 2 is 1.00 bits per heavy atom. The highest BCUT2D eigenvalue weighted by Gasteiger charge is 2.24. The quantitative estimate of drug-likeness (QED) is 0.258. The first-order valence-electron chi connectivity index (χ1n) is 12.0. The van der Waals surface area contributed by atoms with E-state index in [0.717, 1.165) is 6.42 Å². The van der Waals surface area contributed by atoms with Crippen molar-refractivity contribution in [1.82, 2.24) is 0 Å². The van der Waals surface area contributed by atoms with Crippen LogP contribution in [0.15, 0.2) is 30.3 Å². The molecule has 0 spiro atoms. The van der Waals surface area contributed by atoms with Crippen LogP contribution >= 0.6 is 0 Å². The van der Waals surface area contributed by atoms with Crippen molar-refractivity contribution in [1.29, 1.82) is 0 Å². The van der Waals surface area contributed by atoms with Gasteiger partial charge in [0, 0.05) is 5.54 Å². The molecule has 0 aliphatic rings. The van der Waals surface area contributed by atoms with Crippen molar-refractivity contribution in [3.63, 3.8) is 0 Å². The summed E-state index contributed by atoms with van der Waals surface area (Å²) in [5, 5.41) is 0. The van der Waals surface area contributed by atoms with Gasteiger partial charge >= 0.3 is 0 Å². The average molecular weight is 374 g/mol. The fraction of sp³-hybridized carbons (Fsp3) is 0.769. The normalized spacial score (nSPS) is 13.6. The monoisotopic (exact) mass is 373 g/mol. The average Bonchev–Trinajstić information content (AvgIpc) is 2.67. The second-order valence-electron chi connectivity index (χ2n) is 8.77. The maximum Gasteiger partial charge on any atom is 0.0195 e. The molecule has 0 fully saturated rings. The van der Waals surface area contributed by atoms with Gasteiger partial charge in [-0.3, -0.25) is 0 Å². The summed E-state index contributed by atoms with van der Waals surface area (Å²) in [5.74, 6) is 0. The smallest absolute Gasteiger partial charge is 0.0195 e. The molecule has 1 unspecified atom stereocenters. The molecule has 0 aromatic heterocycles. The van der Waals surface area contributed by atoms with Crippen LogP contribution in [0.4, 0.5) is 0 Å². The topological polar surface area (TPSA) is 26.0 Å². The third-order valence-corrected chi connectivity index (χ3v) is 5.96. The standard InChI is InChI=1S/C26H47N/c1-3-5-7-9-11-12-14-19-23-26(27,22-18-13-10-8-6-4-2)24-25-20-16-15-17-21-25/h15-17,20-21H,3-14,18-19,22-24,27H2,1-2H3. The van der Waals surface area contributed by atoms with Gasteiger partial charge in [0.1, 0.15) is 0 Å². The van der Waals surface area contributed by atoms with Crippen molar-refractivity contribution >= 4 is 0 Å². The van der Waals surface area contributed by atoms with Crippen LogP contribution in [-0.2, 0) is 6.42 Å². The highest BCUT2D eigenvalue weighted by atomic mass is 14.7. The Morgan fingerprint density at radius 3 is 1.44 bits per heavy atom. The van der Waals surface area contributed by atoms with Crippen molar-refractivity contribution < 1.29 is 0 Å². The summed E-state index contributed by atoms with van der Waals surface area (Å²) in [4.78, 5) is 0. The van der Waals surface area contributed by atoms with E-state index in [2.05, 4.69) is 44.2 Å². The van der Waals surface area contributed by atoms with E-state index in [-0.39, 0.29) is 5.54 Å². The third kappa shape index (κ3) is 13.1. The number of unbranched alkanes of at least 4 members (excludes halogenated alkanes) is 12. The second kappa shape index (κ2) is 16.2. The van der Waals surface area contributed by atoms with E-state index in [0.29, 0.717) is 0 Å². The lowest BCUT2D eigenvalue weighted by molar-refractivity contribution is 0.332. The fourth-order valence-electron chi connectivity index (χ4n) is 4.17. The molecule has 1 heteroatoms. The lowest BCUT2D eigenvalue weighted by Gasteiger charge is -2.30. The van der Waals surface area contributed by atoms with Crippen molar-refractivity contribution in [2.24, 2.45) is 5.73 Å². The first kappa shape index (κ1) is 24.2. The Morgan fingerprint density at radius 1 is 0.593 bits per heavy atom. The van der Waals surface area contributed by atoms with Crippen molar-refractivity contribution in [3.8, 4) is 0 Å². The zero-order valence-electron chi connectivity index (χ0n) is 18.5. The predicted octanol–water partition coefficient (Wildman–Crippen LogP) is 8.21. The van der Waals surface area contributed by atoms with E-state index in [4.69, 9.17) is 5.73 Å². The molecule has 1 aromatic carbocycles. The summed E-state index contributed by atoms with van der Waals surface area (Å²) in [7, 11) is 0. The zero-order chi connectivity index (χ0) is 19.6. The first-order chi connectivity index (χ1) is 13.2. The zero-order valence-corrected chi connectivity index (χ0v) is 18.5. The lowest BCUT2D eigenvalue weighted by atomic mass is 9.82. The molecule has 27 heavy (non-hydrogen) atoms. The van der Waals surface area contributed by atoms with Crippen LogP contribution in [0, 0.1) is 0 Å². The van der Waals surface area contributed by atoms with Gasteiger partial charge in [-0.1, -0.05) is 134 Å². The van der Waals surface area contributed by atoms with Crippen LogP contribution in [0.3, 0.4) is 0 Å².